The van der Waals surface area contributed by atoms with Crippen LogP contribution in [-0.2, 0) is 42.9 Å². The van der Waals surface area contributed by atoms with E-state index in [0.717, 1.165) is 38.5 Å². The highest BCUT2D eigenvalue weighted by atomic mass is 16.5. The lowest BCUT2D eigenvalue weighted by molar-refractivity contribution is -0.142. The van der Waals surface area contributed by atoms with Crippen LogP contribution in [0.25, 0.3) is 0 Å². The van der Waals surface area contributed by atoms with Crippen LogP contribution in [0, 0.1) is 0 Å². The molecule has 49 heavy (non-hydrogen) atoms. The molecule has 0 aromatic heterocycles. The summed E-state index contributed by atoms with van der Waals surface area (Å²) in [5.74, 6) is -2.77. The summed E-state index contributed by atoms with van der Waals surface area (Å²) in [6.07, 6.45) is 15.7. The number of hydrogen-bond acceptors (Lipinski definition) is 9. The minimum absolute atomic E-state index is 0.00411. The molecular formula is C35H65N3O11. The van der Waals surface area contributed by atoms with Gasteiger partial charge in [-0.05, 0) is 26.2 Å². The van der Waals surface area contributed by atoms with Crippen LogP contribution in [0.4, 0.5) is 0 Å². The summed E-state index contributed by atoms with van der Waals surface area (Å²) < 4.78 is 21.1. The van der Waals surface area contributed by atoms with Crippen LogP contribution in [-0.4, -0.2) is 112 Å². The Balaban J connectivity index is 3.66. The van der Waals surface area contributed by atoms with Crippen molar-refractivity contribution >= 4 is 29.7 Å². The fraction of sp³-hybridized carbons (Fsp3) is 0.857. The van der Waals surface area contributed by atoms with Crippen molar-refractivity contribution in [3.05, 3.63) is 0 Å². The van der Waals surface area contributed by atoms with Crippen molar-refractivity contribution in [1.29, 1.82) is 0 Å². The summed E-state index contributed by atoms with van der Waals surface area (Å²) in [5.41, 5.74) is 0. The standard InChI is InChI=1S/C35H65N3O11/c1-2-46-25-26-47-24-22-37-33(41)29-49-28-27-48-23-21-36-31(39)20-19-30(35(44)45)38-32(40)17-15-13-11-9-7-5-3-4-6-8-10-12-14-16-18-34(42)43/h30H,2-29H2,1H3,(H,36,39)(H,37,41)(H,38,40)(H,42,43)(H,44,45). The maximum atomic E-state index is 12.3. The zero-order valence-corrected chi connectivity index (χ0v) is 29.9. The predicted octanol–water partition coefficient (Wildman–Crippen LogP) is 3.98. The number of rotatable bonds is 37. The van der Waals surface area contributed by atoms with Crippen LogP contribution < -0.4 is 16.0 Å². The Hall–Kier alpha value is -2.81. The molecule has 0 aliphatic heterocycles. The van der Waals surface area contributed by atoms with Gasteiger partial charge in [-0.25, -0.2) is 4.79 Å². The maximum Gasteiger partial charge on any atom is 0.326 e. The number of carboxylic acid groups (broad SMARTS) is 2. The third-order valence-electron chi connectivity index (χ3n) is 7.66. The van der Waals surface area contributed by atoms with Gasteiger partial charge in [-0.3, -0.25) is 19.2 Å². The molecule has 0 aromatic rings. The van der Waals surface area contributed by atoms with Gasteiger partial charge in [0.25, 0.3) is 0 Å². The molecule has 0 rings (SSSR count). The predicted molar refractivity (Wildman–Crippen MR) is 185 cm³/mol. The molecule has 0 bridgehead atoms. The Morgan fingerprint density at radius 3 is 1.45 bits per heavy atom. The Kier molecular flexibility index (Phi) is 33.0. The molecule has 3 amide bonds. The van der Waals surface area contributed by atoms with Crippen molar-refractivity contribution < 1.29 is 53.1 Å². The Morgan fingerprint density at radius 1 is 0.510 bits per heavy atom. The number of carboxylic acids is 2. The van der Waals surface area contributed by atoms with Crippen LogP contribution >= 0.6 is 0 Å². The molecule has 0 fully saturated rings. The Bertz CT molecular complexity index is 861. The van der Waals surface area contributed by atoms with E-state index in [9.17, 15) is 29.1 Å². The first-order chi connectivity index (χ1) is 23.8. The highest BCUT2D eigenvalue weighted by Crippen LogP contribution is 2.14. The highest BCUT2D eigenvalue weighted by molar-refractivity contribution is 5.84. The molecule has 0 radical (unpaired) electrons. The first-order valence-electron chi connectivity index (χ1n) is 18.3. The van der Waals surface area contributed by atoms with Crippen LogP contribution in [0.5, 0.6) is 0 Å². The number of ether oxygens (including phenoxy) is 4. The Labute approximate surface area is 293 Å². The fourth-order valence-corrected chi connectivity index (χ4v) is 4.90. The average Bonchev–Trinajstić information content (AvgIpc) is 3.06. The first kappa shape index (κ1) is 46.2. The monoisotopic (exact) mass is 703 g/mol. The Morgan fingerprint density at radius 2 is 0.959 bits per heavy atom. The van der Waals surface area contributed by atoms with Crippen LogP contribution in [0.15, 0.2) is 0 Å². The van der Waals surface area contributed by atoms with E-state index in [1.807, 2.05) is 6.92 Å². The second-order valence-electron chi connectivity index (χ2n) is 12.0. The lowest BCUT2D eigenvalue weighted by atomic mass is 10.0. The lowest BCUT2D eigenvalue weighted by Gasteiger charge is -2.14. The third-order valence-corrected chi connectivity index (χ3v) is 7.66. The van der Waals surface area contributed by atoms with E-state index >= 15 is 0 Å². The van der Waals surface area contributed by atoms with Gasteiger partial charge in [-0.1, -0.05) is 77.0 Å². The van der Waals surface area contributed by atoms with Gasteiger partial charge in [0, 0.05) is 39.0 Å². The van der Waals surface area contributed by atoms with E-state index in [4.69, 9.17) is 24.1 Å². The molecule has 286 valence electrons. The van der Waals surface area contributed by atoms with Crippen molar-refractivity contribution in [2.45, 2.75) is 129 Å². The molecule has 0 aliphatic rings. The van der Waals surface area contributed by atoms with Crippen LogP contribution in [0.1, 0.15) is 122 Å². The van der Waals surface area contributed by atoms with E-state index in [0.29, 0.717) is 39.4 Å². The maximum absolute atomic E-state index is 12.3. The quantitative estimate of drug-likeness (QED) is 0.0587. The average molecular weight is 704 g/mol. The second kappa shape index (κ2) is 35.0. The third kappa shape index (κ3) is 34.8. The zero-order valence-electron chi connectivity index (χ0n) is 29.9. The van der Waals surface area contributed by atoms with Gasteiger partial charge in [-0.2, -0.15) is 0 Å². The molecule has 0 saturated carbocycles. The van der Waals surface area contributed by atoms with Gasteiger partial charge in [0.2, 0.25) is 17.7 Å². The molecule has 0 aliphatic carbocycles. The molecule has 1 unspecified atom stereocenters. The van der Waals surface area contributed by atoms with E-state index in [-0.39, 0.29) is 76.4 Å². The van der Waals surface area contributed by atoms with Gasteiger partial charge in [0.15, 0.2) is 0 Å². The number of nitrogens with one attached hydrogen (secondary N) is 3. The van der Waals surface area contributed by atoms with Crippen LogP contribution in [0.3, 0.4) is 0 Å². The number of carbonyl (C=O) groups excluding carboxylic acids is 3. The van der Waals surface area contributed by atoms with E-state index < -0.39 is 18.0 Å². The number of amides is 3. The fourth-order valence-electron chi connectivity index (χ4n) is 4.90. The van der Waals surface area contributed by atoms with E-state index in [1.54, 1.807) is 0 Å². The van der Waals surface area contributed by atoms with Crippen molar-refractivity contribution in [2.75, 3.05) is 65.9 Å². The highest BCUT2D eigenvalue weighted by Gasteiger charge is 2.20. The summed E-state index contributed by atoms with van der Waals surface area (Å²) >= 11 is 0. The van der Waals surface area contributed by atoms with Gasteiger partial charge < -0.3 is 45.1 Å². The molecule has 0 saturated heterocycles. The largest absolute Gasteiger partial charge is 0.481 e. The second-order valence-corrected chi connectivity index (χ2v) is 12.0. The van der Waals surface area contributed by atoms with E-state index in [1.165, 1.54) is 44.9 Å². The first-order valence-corrected chi connectivity index (χ1v) is 18.3. The summed E-state index contributed by atoms with van der Waals surface area (Å²) in [6, 6.07) is -1.12. The van der Waals surface area contributed by atoms with Gasteiger partial charge in [-0.15, -0.1) is 0 Å². The molecule has 0 heterocycles. The molecule has 5 N–H and O–H groups in total. The SMILES string of the molecule is CCOCCOCCNC(=O)COCCOCCNC(=O)CCC(NC(=O)CCCCCCCCCCCCCCCCC(=O)O)C(=O)O. The van der Waals surface area contributed by atoms with Gasteiger partial charge >= 0.3 is 11.9 Å². The van der Waals surface area contributed by atoms with Gasteiger partial charge in [0.05, 0.1) is 39.6 Å². The summed E-state index contributed by atoms with van der Waals surface area (Å²) in [5, 5.41) is 26.0. The molecule has 1 atom stereocenters. The van der Waals surface area contributed by atoms with Crippen LogP contribution in [0.2, 0.25) is 0 Å². The van der Waals surface area contributed by atoms with Gasteiger partial charge in [0.1, 0.15) is 12.6 Å². The summed E-state index contributed by atoms with van der Waals surface area (Å²) in [4.78, 5) is 58.1. The van der Waals surface area contributed by atoms with Crippen molar-refractivity contribution in [3.63, 3.8) is 0 Å². The molecule has 14 heteroatoms. The minimum Gasteiger partial charge on any atom is -0.481 e. The van der Waals surface area contributed by atoms with Crippen molar-refractivity contribution in [1.82, 2.24) is 16.0 Å². The number of carbonyl (C=O) groups is 5. The number of aliphatic carboxylic acids is 2. The molecule has 14 nitrogen and oxygen atoms in total. The smallest absolute Gasteiger partial charge is 0.326 e. The number of unbranched alkanes of at least 4 members (excludes halogenated alkanes) is 13. The molecular weight excluding hydrogens is 638 g/mol. The molecule has 0 spiro atoms. The van der Waals surface area contributed by atoms with Crippen molar-refractivity contribution in [2.24, 2.45) is 0 Å². The summed E-state index contributed by atoms with van der Waals surface area (Å²) in [6.45, 7) is 5.18. The topological polar surface area (TPSA) is 199 Å². The lowest BCUT2D eigenvalue weighted by Crippen LogP contribution is -2.41. The number of hydrogen-bond donors (Lipinski definition) is 5. The normalized spacial score (nSPS) is 11.6. The van der Waals surface area contributed by atoms with Crippen molar-refractivity contribution in [3.8, 4) is 0 Å². The summed E-state index contributed by atoms with van der Waals surface area (Å²) in [7, 11) is 0. The minimum atomic E-state index is -1.17. The molecule has 0 aromatic carbocycles. The zero-order chi connectivity index (χ0) is 36.2. The van der Waals surface area contributed by atoms with E-state index in [2.05, 4.69) is 16.0 Å².